The fraction of sp³-hybridized carbons (Fsp3) is 0.571. The van der Waals surface area contributed by atoms with Crippen LogP contribution in [0.5, 0.6) is 0 Å². The SMILES string of the molecule is CC1(C)C(CNc2ccc([N+](=O)[O-])c(N)c2)C1(C)C. The van der Waals surface area contributed by atoms with Crippen molar-refractivity contribution in [3.8, 4) is 0 Å². The van der Waals surface area contributed by atoms with Crippen molar-refractivity contribution in [3.63, 3.8) is 0 Å². The molecule has 0 amide bonds. The Hall–Kier alpha value is -1.78. The van der Waals surface area contributed by atoms with E-state index in [2.05, 4.69) is 33.0 Å². The van der Waals surface area contributed by atoms with Crippen molar-refractivity contribution in [2.24, 2.45) is 16.7 Å². The maximum atomic E-state index is 10.7. The van der Waals surface area contributed by atoms with Crippen LogP contribution < -0.4 is 11.1 Å². The molecule has 1 aromatic carbocycles. The van der Waals surface area contributed by atoms with Crippen molar-refractivity contribution in [3.05, 3.63) is 28.3 Å². The number of anilines is 2. The number of nitrogens with zero attached hydrogens (tertiary/aromatic N) is 1. The summed E-state index contributed by atoms with van der Waals surface area (Å²) in [5, 5.41) is 14.0. The van der Waals surface area contributed by atoms with Gasteiger partial charge in [0.2, 0.25) is 0 Å². The molecule has 5 heteroatoms. The smallest absolute Gasteiger partial charge is 0.292 e. The van der Waals surface area contributed by atoms with E-state index >= 15 is 0 Å². The maximum absolute atomic E-state index is 10.7. The lowest BCUT2D eigenvalue weighted by atomic mass is 10.0. The number of nitro groups is 1. The number of nitrogens with one attached hydrogen (secondary N) is 1. The highest BCUT2D eigenvalue weighted by Gasteiger charge is 2.63. The predicted molar refractivity (Wildman–Crippen MR) is 77.1 cm³/mol. The van der Waals surface area contributed by atoms with Crippen LogP contribution in [0.4, 0.5) is 17.1 Å². The number of rotatable bonds is 4. The third-order valence-corrected chi connectivity index (χ3v) is 5.05. The van der Waals surface area contributed by atoms with E-state index in [0.717, 1.165) is 12.2 Å². The summed E-state index contributed by atoms with van der Waals surface area (Å²) in [5.74, 6) is 0.594. The van der Waals surface area contributed by atoms with Crippen LogP contribution in [-0.4, -0.2) is 11.5 Å². The topological polar surface area (TPSA) is 81.2 Å². The molecule has 5 nitrogen and oxygen atoms in total. The van der Waals surface area contributed by atoms with Crippen LogP contribution in [-0.2, 0) is 0 Å². The van der Waals surface area contributed by atoms with E-state index in [1.54, 1.807) is 12.1 Å². The van der Waals surface area contributed by atoms with Crippen LogP contribution in [0.1, 0.15) is 27.7 Å². The molecule has 0 radical (unpaired) electrons. The lowest BCUT2D eigenvalue weighted by Crippen LogP contribution is -2.08. The Balaban J connectivity index is 2.02. The van der Waals surface area contributed by atoms with Gasteiger partial charge in [0.15, 0.2) is 0 Å². The van der Waals surface area contributed by atoms with Crippen molar-refractivity contribution in [2.75, 3.05) is 17.6 Å². The van der Waals surface area contributed by atoms with E-state index in [1.807, 2.05) is 0 Å². The molecule has 19 heavy (non-hydrogen) atoms. The van der Waals surface area contributed by atoms with Crippen molar-refractivity contribution < 1.29 is 4.92 Å². The van der Waals surface area contributed by atoms with E-state index in [-0.39, 0.29) is 11.4 Å². The Labute approximate surface area is 113 Å². The second-order valence-corrected chi connectivity index (χ2v) is 6.41. The average molecular weight is 263 g/mol. The van der Waals surface area contributed by atoms with Crippen LogP contribution in [0.3, 0.4) is 0 Å². The van der Waals surface area contributed by atoms with Gasteiger partial charge in [-0.25, -0.2) is 0 Å². The Bertz CT molecular complexity index is 509. The number of nitrogens with two attached hydrogens (primary N) is 1. The van der Waals surface area contributed by atoms with Gasteiger partial charge < -0.3 is 11.1 Å². The Morgan fingerprint density at radius 3 is 2.32 bits per heavy atom. The normalized spacial score (nSPS) is 20.0. The fourth-order valence-corrected chi connectivity index (χ4v) is 2.89. The minimum atomic E-state index is -0.466. The first-order chi connectivity index (χ1) is 8.68. The summed E-state index contributed by atoms with van der Waals surface area (Å²) in [5.41, 5.74) is 7.31. The van der Waals surface area contributed by atoms with Gasteiger partial charge in [-0.3, -0.25) is 10.1 Å². The van der Waals surface area contributed by atoms with Gasteiger partial charge >= 0.3 is 0 Å². The highest BCUT2D eigenvalue weighted by Crippen LogP contribution is 2.68. The molecule has 104 valence electrons. The third-order valence-electron chi connectivity index (χ3n) is 5.05. The fourth-order valence-electron chi connectivity index (χ4n) is 2.89. The van der Waals surface area contributed by atoms with Crippen LogP contribution >= 0.6 is 0 Å². The molecular formula is C14H21N3O2. The zero-order chi connectivity index (χ0) is 14.4. The van der Waals surface area contributed by atoms with Crippen molar-refractivity contribution in [1.82, 2.24) is 0 Å². The molecule has 0 aromatic heterocycles. The summed E-state index contributed by atoms with van der Waals surface area (Å²) in [7, 11) is 0. The number of benzene rings is 1. The monoisotopic (exact) mass is 263 g/mol. The largest absolute Gasteiger partial charge is 0.393 e. The standard InChI is InChI=1S/C14H21N3O2/c1-13(2)12(14(13,3)4)8-16-9-5-6-11(17(18)19)10(15)7-9/h5-7,12,16H,8,15H2,1-4H3. The Morgan fingerprint density at radius 1 is 1.32 bits per heavy atom. The Morgan fingerprint density at radius 2 is 1.89 bits per heavy atom. The number of hydrogen-bond donors (Lipinski definition) is 2. The van der Waals surface area contributed by atoms with Crippen molar-refractivity contribution in [2.45, 2.75) is 27.7 Å². The van der Waals surface area contributed by atoms with Gasteiger partial charge in [0.05, 0.1) is 4.92 Å². The molecule has 0 spiro atoms. The van der Waals surface area contributed by atoms with E-state index in [4.69, 9.17) is 5.73 Å². The van der Waals surface area contributed by atoms with Gasteiger partial charge in [-0.2, -0.15) is 0 Å². The Kier molecular flexibility index (Phi) is 2.96. The zero-order valence-electron chi connectivity index (χ0n) is 11.9. The summed E-state index contributed by atoms with van der Waals surface area (Å²) in [6.45, 7) is 9.93. The molecular weight excluding hydrogens is 242 g/mol. The number of nitro benzene ring substituents is 1. The quantitative estimate of drug-likeness (QED) is 0.496. The molecule has 0 heterocycles. The molecule has 1 aliphatic carbocycles. The highest BCUT2D eigenvalue weighted by atomic mass is 16.6. The summed E-state index contributed by atoms with van der Waals surface area (Å²) in [6, 6.07) is 4.78. The molecule has 1 aromatic rings. The molecule has 1 aliphatic rings. The first kappa shape index (κ1) is 13.6. The number of hydrogen-bond acceptors (Lipinski definition) is 4. The lowest BCUT2D eigenvalue weighted by Gasteiger charge is -2.08. The summed E-state index contributed by atoms with van der Waals surface area (Å²) in [4.78, 5) is 10.2. The molecule has 0 saturated heterocycles. The van der Waals surface area contributed by atoms with E-state index in [0.29, 0.717) is 16.7 Å². The molecule has 1 saturated carbocycles. The van der Waals surface area contributed by atoms with Gasteiger partial charge in [-0.1, -0.05) is 27.7 Å². The van der Waals surface area contributed by atoms with Crippen LogP contribution in [0.2, 0.25) is 0 Å². The van der Waals surface area contributed by atoms with Gasteiger partial charge in [0.1, 0.15) is 5.69 Å². The second-order valence-electron chi connectivity index (χ2n) is 6.41. The summed E-state index contributed by atoms with van der Waals surface area (Å²) >= 11 is 0. The maximum Gasteiger partial charge on any atom is 0.292 e. The van der Waals surface area contributed by atoms with Gasteiger partial charge in [-0.15, -0.1) is 0 Å². The van der Waals surface area contributed by atoms with E-state index < -0.39 is 4.92 Å². The zero-order valence-corrected chi connectivity index (χ0v) is 11.9. The molecule has 1 fully saturated rings. The van der Waals surface area contributed by atoms with Crippen LogP contribution in [0.15, 0.2) is 18.2 Å². The molecule has 0 unspecified atom stereocenters. The summed E-state index contributed by atoms with van der Waals surface area (Å²) < 4.78 is 0. The molecule has 0 aliphatic heterocycles. The molecule has 0 bridgehead atoms. The van der Waals surface area contributed by atoms with Gasteiger partial charge in [-0.05, 0) is 28.9 Å². The van der Waals surface area contributed by atoms with Crippen LogP contribution in [0.25, 0.3) is 0 Å². The minimum Gasteiger partial charge on any atom is -0.393 e. The average Bonchev–Trinajstić information content (AvgIpc) is 2.66. The number of nitrogen functional groups attached to an aromatic ring is 1. The lowest BCUT2D eigenvalue weighted by molar-refractivity contribution is -0.383. The second kappa shape index (κ2) is 4.11. The summed E-state index contributed by atoms with van der Waals surface area (Å²) in [6.07, 6.45) is 0. The van der Waals surface area contributed by atoms with Gasteiger partial charge in [0.25, 0.3) is 5.69 Å². The van der Waals surface area contributed by atoms with Crippen molar-refractivity contribution in [1.29, 1.82) is 0 Å². The van der Waals surface area contributed by atoms with E-state index in [1.165, 1.54) is 6.07 Å². The molecule has 0 atom stereocenters. The van der Waals surface area contributed by atoms with E-state index in [9.17, 15) is 10.1 Å². The minimum absolute atomic E-state index is 0.0439. The van der Waals surface area contributed by atoms with Crippen LogP contribution in [0, 0.1) is 26.9 Å². The predicted octanol–water partition coefficient (Wildman–Crippen LogP) is 3.27. The first-order valence-electron chi connectivity index (χ1n) is 6.45. The molecule has 2 rings (SSSR count). The third kappa shape index (κ3) is 2.13. The first-order valence-corrected chi connectivity index (χ1v) is 6.45. The van der Waals surface area contributed by atoms with Gasteiger partial charge in [0, 0.05) is 18.3 Å². The van der Waals surface area contributed by atoms with Crippen molar-refractivity contribution >= 4 is 17.1 Å². The highest BCUT2D eigenvalue weighted by molar-refractivity contribution is 5.65. The molecule has 3 N–H and O–H groups in total.